The number of ether oxygens (including phenoxy) is 1. The fraction of sp³-hybridized carbons (Fsp3) is 0.250. The minimum Gasteiger partial charge on any atom is -0.481 e. The molecule has 9 heteroatoms. The van der Waals surface area contributed by atoms with Crippen LogP contribution in [0.1, 0.15) is 35.1 Å². The Hall–Kier alpha value is -3.75. The number of nitrogens with one attached hydrogen (secondary N) is 1. The Morgan fingerprint density at radius 2 is 2.28 bits per heavy atom. The molecule has 9 nitrogen and oxygen atoms in total. The lowest BCUT2D eigenvalue weighted by atomic mass is 10.1. The SMILES string of the molecule is COc1cc(-c2nc3[n+](o2)CCC[C@@H]3NC(=O)c2cc3cccnn3c2)ccn1. The van der Waals surface area contributed by atoms with E-state index in [2.05, 4.69) is 20.4 Å². The Morgan fingerprint density at radius 1 is 1.34 bits per heavy atom. The van der Waals surface area contributed by atoms with Gasteiger partial charge in [0.25, 0.3) is 5.91 Å². The molecule has 0 unspecified atom stereocenters. The molecule has 0 spiro atoms. The first-order valence-corrected chi connectivity index (χ1v) is 9.37. The number of rotatable bonds is 4. The van der Waals surface area contributed by atoms with Gasteiger partial charge in [0.15, 0.2) is 0 Å². The van der Waals surface area contributed by atoms with Crippen LogP contribution in [0, 0.1) is 0 Å². The molecular formula is C20H19N6O3+. The Kier molecular flexibility index (Phi) is 4.19. The van der Waals surface area contributed by atoms with Gasteiger partial charge in [-0.3, -0.25) is 9.32 Å². The number of hydrogen-bond donors (Lipinski definition) is 1. The third kappa shape index (κ3) is 3.20. The summed E-state index contributed by atoms with van der Waals surface area (Å²) in [6, 6.07) is 8.92. The van der Waals surface area contributed by atoms with Crippen molar-refractivity contribution in [3.63, 3.8) is 0 Å². The summed E-state index contributed by atoms with van der Waals surface area (Å²) >= 11 is 0. The highest BCUT2D eigenvalue weighted by molar-refractivity contribution is 5.95. The number of carbonyl (C=O) groups is 1. The van der Waals surface area contributed by atoms with Crippen molar-refractivity contribution in [3.8, 4) is 17.3 Å². The molecular weight excluding hydrogens is 372 g/mol. The molecule has 5 heterocycles. The summed E-state index contributed by atoms with van der Waals surface area (Å²) in [5.74, 6) is 1.50. The van der Waals surface area contributed by atoms with Gasteiger partial charge in [-0.05, 0) is 37.1 Å². The maximum absolute atomic E-state index is 12.8. The Morgan fingerprint density at radius 3 is 3.14 bits per heavy atom. The van der Waals surface area contributed by atoms with E-state index in [-0.39, 0.29) is 11.9 Å². The minimum atomic E-state index is -0.228. The molecule has 146 valence electrons. The number of fused-ring (bicyclic) bond motifs is 2. The highest BCUT2D eigenvalue weighted by atomic mass is 16.5. The number of hydrogen-bond acceptors (Lipinski definition) is 6. The van der Waals surface area contributed by atoms with Crippen molar-refractivity contribution in [1.29, 1.82) is 0 Å². The molecule has 1 atom stereocenters. The molecule has 4 aromatic rings. The molecule has 0 saturated heterocycles. The fourth-order valence-corrected chi connectivity index (χ4v) is 3.53. The quantitative estimate of drug-likeness (QED) is 0.534. The van der Waals surface area contributed by atoms with Crippen LogP contribution in [0.4, 0.5) is 0 Å². The summed E-state index contributed by atoms with van der Waals surface area (Å²) in [5.41, 5.74) is 2.20. The van der Waals surface area contributed by atoms with Crippen LogP contribution in [-0.2, 0) is 6.54 Å². The van der Waals surface area contributed by atoms with Crippen molar-refractivity contribution < 1.29 is 18.8 Å². The minimum absolute atomic E-state index is 0.163. The Balaban J connectivity index is 1.41. The van der Waals surface area contributed by atoms with Crippen molar-refractivity contribution in [1.82, 2.24) is 24.9 Å². The van der Waals surface area contributed by atoms with Gasteiger partial charge >= 0.3 is 11.7 Å². The number of aromatic nitrogens is 5. The maximum atomic E-state index is 12.8. The van der Waals surface area contributed by atoms with Crippen molar-refractivity contribution in [2.75, 3.05) is 7.11 Å². The van der Waals surface area contributed by atoms with Gasteiger partial charge < -0.3 is 10.1 Å². The first-order valence-electron chi connectivity index (χ1n) is 9.37. The van der Waals surface area contributed by atoms with Gasteiger partial charge in [-0.25, -0.2) is 9.50 Å². The van der Waals surface area contributed by atoms with E-state index < -0.39 is 0 Å². The van der Waals surface area contributed by atoms with E-state index in [1.807, 2.05) is 24.3 Å². The number of aryl methyl sites for hydroxylation is 1. The maximum Gasteiger partial charge on any atom is 0.384 e. The highest BCUT2D eigenvalue weighted by Gasteiger charge is 2.36. The average molecular weight is 391 g/mol. The number of amides is 1. The van der Waals surface area contributed by atoms with Crippen LogP contribution < -0.4 is 14.8 Å². The molecule has 0 radical (unpaired) electrons. The highest BCUT2D eigenvalue weighted by Crippen LogP contribution is 2.25. The predicted molar refractivity (Wildman–Crippen MR) is 101 cm³/mol. The molecule has 1 N–H and O–H groups in total. The third-order valence-corrected chi connectivity index (χ3v) is 4.97. The second-order valence-electron chi connectivity index (χ2n) is 6.85. The molecule has 4 aromatic heterocycles. The van der Waals surface area contributed by atoms with E-state index >= 15 is 0 Å². The van der Waals surface area contributed by atoms with Crippen LogP contribution in [0.15, 0.2) is 53.4 Å². The van der Waals surface area contributed by atoms with E-state index in [1.54, 1.807) is 41.0 Å². The topological polar surface area (TPSA) is 98.4 Å². The monoisotopic (exact) mass is 391 g/mol. The molecule has 0 saturated carbocycles. The predicted octanol–water partition coefficient (Wildman–Crippen LogP) is 1.95. The summed E-state index contributed by atoms with van der Waals surface area (Å²) < 4.78 is 14.5. The van der Waals surface area contributed by atoms with E-state index in [0.29, 0.717) is 23.2 Å². The summed E-state index contributed by atoms with van der Waals surface area (Å²) in [7, 11) is 1.56. The Bertz CT molecular complexity index is 1160. The van der Waals surface area contributed by atoms with Gasteiger partial charge in [-0.2, -0.15) is 5.10 Å². The van der Waals surface area contributed by atoms with E-state index in [0.717, 1.165) is 30.5 Å². The lowest BCUT2D eigenvalue weighted by Gasteiger charge is -2.16. The Labute approximate surface area is 165 Å². The van der Waals surface area contributed by atoms with Crippen LogP contribution in [0.5, 0.6) is 5.88 Å². The zero-order chi connectivity index (χ0) is 19.8. The smallest absolute Gasteiger partial charge is 0.384 e. The second kappa shape index (κ2) is 7.01. The number of methoxy groups -OCH3 is 1. The standard InChI is InChI=1S/C20H18N6O3/c1-28-17-11-13(6-8-21-17)20-24-18-16(5-3-9-26(18)29-20)23-19(27)14-10-15-4-2-7-22-25(15)12-14/h2,4,6-8,10-12,16H,3,5,9H2,1H3/p+1/t16-/m0/s1. The van der Waals surface area contributed by atoms with Crippen LogP contribution >= 0.6 is 0 Å². The lowest BCUT2D eigenvalue weighted by molar-refractivity contribution is -0.872. The lowest BCUT2D eigenvalue weighted by Crippen LogP contribution is -2.45. The van der Waals surface area contributed by atoms with Crippen LogP contribution in [0.3, 0.4) is 0 Å². The van der Waals surface area contributed by atoms with Crippen molar-refractivity contribution in [2.24, 2.45) is 0 Å². The zero-order valence-corrected chi connectivity index (χ0v) is 15.8. The molecule has 0 aromatic carbocycles. The van der Waals surface area contributed by atoms with Crippen molar-refractivity contribution in [3.05, 3.63) is 60.3 Å². The fourth-order valence-electron chi connectivity index (χ4n) is 3.53. The second-order valence-corrected chi connectivity index (χ2v) is 6.85. The van der Waals surface area contributed by atoms with Gasteiger partial charge in [0, 0.05) is 29.6 Å². The zero-order valence-electron chi connectivity index (χ0n) is 15.8. The first kappa shape index (κ1) is 17.4. The normalized spacial score (nSPS) is 15.8. The number of pyridine rings is 1. The molecule has 1 aliphatic rings. The van der Waals surface area contributed by atoms with Crippen LogP contribution in [0.2, 0.25) is 0 Å². The summed E-state index contributed by atoms with van der Waals surface area (Å²) in [5, 5.41) is 7.29. The third-order valence-electron chi connectivity index (χ3n) is 4.97. The largest absolute Gasteiger partial charge is 0.481 e. The van der Waals surface area contributed by atoms with Crippen molar-refractivity contribution in [2.45, 2.75) is 25.4 Å². The molecule has 0 aliphatic carbocycles. The number of nitrogens with zero attached hydrogens (tertiary/aromatic N) is 5. The van der Waals surface area contributed by atoms with Crippen molar-refractivity contribution >= 4 is 11.4 Å². The van der Waals surface area contributed by atoms with Crippen LogP contribution in [-0.4, -0.2) is 32.6 Å². The molecule has 5 rings (SSSR count). The van der Waals surface area contributed by atoms with E-state index in [4.69, 9.17) is 9.26 Å². The van der Waals surface area contributed by atoms with E-state index in [9.17, 15) is 4.79 Å². The summed E-state index contributed by atoms with van der Waals surface area (Å²) in [6.07, 6.45) is 6.73. The molecule has 0 fully saturated rings. The molecule has 1 aliphatic heterocycles. The van der Waals surface area contributed by atoms with E-state index in [1.165, 1.54) is 0 Å². The summed E-state index contributed by atoms with van der Waals surface area (Å²) in [6.45, 7) is 0.719. The van der Waals surface area contributed by atoms with Gasteiger partial charge in [0.2, 0.25) is 5.88 Å². The van der Waals surface area contributed by atoms with Crippen LogP contribution in [0.25, 0.3) is 17.0 Å². The van der Waals surface area contributed by atoms with Gasteiger partial charge in [-0.15, -0.1) is 0 Å². The number of carbonyl (C=O) groups excluding carboxylic acids is 1. The molecule has 0 bridgehead atoms. The van der Waals surface area contributed by atoms with Gasteiger partial charge in [0.1, 0.15) is 12.6 Å². The van der Waals surface area contributed by atoms with Gasteiger partial charge in [-0.1, -0.05) is 4.74 Å². The first-order chi connectivity index (χ1) is 14.2. The molecule has 29 heavy (non-hydrogen) atoms. The molecule has 1 amide bonds. The average Bonchev–Trinajstić information content (AvgIpc) is 3.39. The van der Waals surface area contributed by atoms with Gasteiger partial charge in [0.05, 0.1) is 23.8 Å². The summed E-state index contributed by atoms with van der Waals surface area (Å²) in [4.78, 5) is 21.6.